The van der Waals surface area contributed by atoms with Gasteiger partial charge >= 0.3 is 6.18 Å². The predicted octanol–water partition coefficient (Wildman–Crippen LogP) is 2.46. The molecule has 2 aliphatic carbocycles. The second kappa shape index (κ2) is 2.62. The first kappa shape index (κ1) is 9.31. The largest absolute Gasteiger partial charge is 0.391 e. The fourth-order valence-electron chi connectivity index (χ4n) is 2.58. The van der Waals surface area contributed by atoms with Gasteiger partial charge in [0, 0.05) is 6.04 Å². The van der Waals surface area contributed by atoms with Gasteiger partial charge in [0.1, 0.15) is 0 Å². The van der Waals surface area contributed by atoms with E-state index in [0.717, 1.165) is 12.8 Å². The molecule has 3 atom stereocenters. The molecule has 0 aromatic rings. The number of alkyl halides is 3. The molecule has 2 N–H and O–H groups in total. The highest BCUT2D eigenvalue weighted by molar-refractivity contribution is 5.08. The van der Waals surface area contributed by atoms with E-state index in [1.54, 1.807) is 0 Å². The summed E-state index contributed by atoms with van der Waals surface area (Å²) in [6.07, 6.45) is -1.02. The van der Waals surface area contributed by atoms with Crippen LogP contribution in [0.3, 0.4) is 0 Å². The molecule has 2 saturated carbocycles. The molecule has 0 unspecified atom stereocenters. The molecule has 0 heterocycles. The summed E-state index contributed by atoms with van der Waals surface area (Å²) in [5.41, 5.74) is 5.54. The van der Waals surface area contributed by atoms with Crippen LogP contribution < -0.4 is 5.73 Å². The first-order valence-electron chi connectivity index (χ1n) is 4.76. The summed E-state index contributed by atoms with van der Waals surface area (Å²) in [5.74, 6) is -1.09. The molecule has 76 valence electrons. The van der Waals surface area contributed by atoms with Crippen molar-refractivity contribution >= 4 is 0 Å². The van der Waals surface area contributed by atoms with Gasteiger partial charge in [0.2, 0.25) is 0 Å². The number of hydrogen-bond donors (Lipinski definition) is 1. The smallest absolute Gasteiger partial charge is 0.327 e. The van der Waals surface area contributed by atoms with Crippen LogP contribution in [-0.4, -0.2) is 12.2 Å². The van der Waals surface area contributed by atoms with Crippen LogP contribution in [0.4, 0.5) is 13.2 Å². The van der Waals surface area contributed by atoms with Gasteiger partial charge in [-0.05, 0) is 31.1 Å². The second-order valence-corrected chi connectivity index (χ2v) is 4.51. The molecule has 0 aromatic carbocycles. The summed E-state index contributed by atoms with van der Waals surface area (Å²) >= 11 is 0. The molecule has 4 heteroatoms. The van der Waals surface area contributed by atoms with Crippen LogP contribution in [0.5, 0.6) is 0 Å². The Morgan fingerprint density at radius 2 is 1.85 bits per heavy atom. The second-order valence-electron chi connectivity index (χ2n) is 4.51. The zero-order chi connectivity index (χ0) is 9.69. The Kier molecular flexibility index (Phi) is 1.88. The number of rotatable bonds is 0. The van der Waals surface area contributed by atoms with E-state index in [1.807, 2.05) is 0 Å². The fraction of sp³-hybridized carbons (Fsp3) is 1.00. The Bertz CT molecular complexity index is 213. The van der Waals surface area contributed by atoms with Crippen molar-refractivity contribution in [3.63, 3.8) is 0 Å². The zero-order valence-corrected chi connectivity index (χ0v) is 7.40. The van der Waals surface area contributed by atoms with Crippen molar-refractivity contribution in [2.45, 2.75) is 44.3 Å². The Labute approximate surface area is 75.5 Å². The average Bonchev–Trinajstić information content (AvgIpc) is 2.59. The van der Waals surface area contributed by atoms with Crippen molar-refractivity contribution in [3.8, 4) is 0 Å². The highest BCUT2D eigenvalue weighted by atomic mass is 19.4. The monoisotopic (exact) mass is 193 g/mol. The maximum absolute atomic E-state index is 12.4. The standard InChI is InChI=1S/C9H14F3N/c10-9(11,12)6-2-1-3-8(4-6)5-7(8)13/h6-7H,1-5,13H2/t6-,7+,8-/m0/s1. The molecule has 2 fully saturated rings. The predicted molar refractivity (Wildman–Crippen MR) is 43.0 cm³/mol. The Hall–Kier alpha value is -0.250. The Morgan fingerprint density at radius 1 is 1.23 bits per heavy atom. The van der Waals surface area contributed by atoms with Gasteiger partial charge in [0.05, 0.1) is 5.92 Å². The lowest BCUT2D eigenvalue weighted by Gasteiger charge is -2.31. The van der Waals surface area contributed by atoms with Crippen LogP contribution in [0.25, 0.3) is 0 Å². The number of hydrogen-bond acceptors (Lipinski definition) is 1. The summed E-state index contributed by atoms with van der Waals surface area (Å²) in [7, 11) is 0. The van der Waals surface area contributed by atoms with Crippen LogP contribution in [0.1, 0.15) is 32.1 Å². The van der Waals surface area contributed by atoms with Crippen LogP contribution >= 0.6 is 0 Å². The van der Waals surface area contributed by atoms with Crippen molar-refractivity contribution in [2.75, 3.05) is 0 Å². The molecule has 0 saturated heterocycles. The molecule has 0 amide bonds. The first-order valence-corrected chi connectivity index (χ1v) is 4.76. The molecular weight excluding hydrogens is 179 g/mol. The van der Waals surface area contributed by atoms with Crippen LogP contribution in [0.2, 0.25) is 0 Å². The molecule has 1 spiro atoms. The topological polar surface area (TPSA) is 26.0 Å². The fourth-order valence-corrected chi connectivity index (χ4v) is 2.58. The molecule has 0 bridgehead atoms. The van der Waals surface area contributed by atoms with E-state index >= 15 is 0 Å². The van der Waals surface area contributed by atoms with Gasteiger partial charge in [-0.15, -0.1) is 0 Å². The normalized spacial score (nSPS) is 45.2. The highest BCUT2D eigenvalue weighted by Gasteiger charge is 2.57. The summed E-state index contributed by atoms with van der Waals surface area (Å²) in [6.45, 7) is 0. The Morgan fingerprint density at radius 3 is 2.31 bits per heavy atom. The van der Waals surface area contributed by atoms with Gasteiger partial charge in [0.15, 0.2) is 0 Å². The third kappa shape index (κ3) is 1.56. The van der Waals surface area contributed by atoms with Crippen molar-refractivity contribution in [1.82, 2.24) is 0 Å². The van der Waals surface area contributed by atoms with E-state index in [4.69, 9.17) is 5.73 Å². The van der Waals surface area contributed by atoms with E-state index in [-0.39, 0.29) is 17.9 Å². The molecule has 2 rings (SSSR count). The van der Waals surface area contributed by atoms with Crippen LogP contribution in [0.15, 0.2) is 0 Å². The summed E-state index contributed by atoms with van der Waals surface area (Å²) in [6, 6.07) is 0.0395. The van der Waals surface area contributed by atoms with Crippen molar-refractivity contribution in [1.29, 1.82) is 0 Å². The first-order chi connectivity index (χ1) is 5.94. The van der Waals surface area contributed by atoms with Gasteiger partial charge in [-0.3, -0.25) is 0 Å². The molecule has 1 nitrogen and oxygen atoms in total. The quantitative estimate of drug-likeness (QED) is 0.628. The van der Waals surface area contributed by atoms with Gasteiger partial charge in [-0.25, -0.2) is 0 Å². The minimum absolute atomic E-state index is 0.0395. The lowest BCUT2D eigenvalue weighted by molar-refractivity contribution is -0.187. The van der Waals surface area contributed by atoms with Crippen LogP contribution in [0, 0.1) is 11.3 Å². The molecule has 2 aliphatic rings. The van der Waals surface area contributed by atoms with Gasteiger partial charge in [-0.1, -0.05) is 6.42 Å². The minimum Gasteiger partial charge on any atom is -0.327 e. The highest BCUT2D eigenvalue weighted by Crippen LogP contribution is 2.58. The van der Waals surface area contributed by atoms with E-state index in [0.29, 0.717) is 12.8 Å². The summed E-state index contributed by atoms with van der Waals surface area (Å²) < 4.78 is 37.2. The number of halogens is 3. The van der Waals surface area contributed by atoms with Gasteiger partial charge in [0.25, 0.3) is 0 Å². The summed E-state index contributed by atoms with van der Waals surface area (Å²) in [4.78, 5) is 0. The maximum atomic E-state index is 12.4. The molecular formula is C9H14F3N. The lowest BCUT2D eigenvalue weighted by atomic mass is 9.78. The van der Waals surface area contributed by atoms with E-state index in [2.05, 4.69) is 0 Å². The molecule has 13 heavy (non-hydrogen) atoms. The Balaban J connectivity index is 2.01. The van der Waals surface area contributed by atoms with E-state index in [9.17, 15) is 13.2 Å². The lowest BCUT2D eigenvalue weighted by Crippen LogP contribution is -2.31. The zero-order valence-electron chi connectivity index (χ0n) is 7.40. The van der Waals surface area contributed by atoms with Crippen molar-refractivity contribution < 1.29 is 13.2 Å². The number of nitrogens with two attached hydrogens (primary N) is 1. The molecule has 0 aromatic heterocycles. The van der Waals surface area contributed by atoms with Crippen molar-refractivity contribution in [3.05, 3.63) is 0 Å². The third-order valence-corrected chi connectivity index (χ3v) is 3.60. The average molecular weight is 193 g/mol. The van der Waals surface area contributed by atoms with Gasteiger partial charge < -0.3 is 5.73 Å². The molecule has 0 radical (unpaired) electrons. The van der Waals surface area contributed by atoms with Crippen LogP contribution in [-0.2, 0) is 0 Å². The van der Waals surface area contributed by atoms with E-state index < -0.39 is 12.1 Å². The molecule has 0 aliphatic heterocycles. The SMILES string of the molecule is N[C@@H]1C[C@@]12CCC[C@H](C(F)(F)F)C2. The summed E-state index contributed by atoms with van der Waals surface area (Å²) in [5, 5.41) is 0. The minimum atomic E-state index is -4.00. The van der Waals surface area contributed by atoms with Crippen molar-refractivity contribution in [2.24, 2.45) is 17.1 Å². The third-order valence-electron chi connectivity index (χ3n) is 3.60. The van der Waals surface area contributed by atoms with E-state index in [1.165, 1.54) is 0 Å². The maximum Gasteiger partial charge on any atom is 0.391 e. The van der Waals surface area contributed by atoms with Gasteiger partial charge in [-0.2, -0.15) is 13.2 Å².